The maximum absolute atomic E-state index is 5.08. The second kappa shape index (κ2) is 7.24. The zero-order valence-electron chi connectivity index (χ0n) is 15.3. The number of aromatic nitrogens is 1. The van der Waals surface area contributed by atoms with Crippen molar-refractivity contribution >= 4 is 38.5 Å². The van der Waals surface area contributed by atoms with Gasteiger partial charge >= 0.3 is 0 Å². The van der Waals surface area contributed by atoms with E-state index in [0.717, 1.165) is 22.3 Å². The van der Waals surface area contributed by atoms with Gasteiger partial charge in [0.1, 0.15) is 6.04 Å². The van der Waals surface area contributed by atoms with Crippen molar-refractivity contribution in [3.63, 3.8) is 0 Å². The third kappa shape index (κ3) is 3.03. The topological polar surface area (TPSA) is 31.7 Å². The van der Waals surface area contributed by atoms with Gasteiger partial charge in [0, 0.05) is 36.6 Å². The van der Waals surface area contributed by atoms with Crippen LogP contribution in [0.25, 0.3) is 0 Å². The maximum Gasteiger partial charge on any atom is 0.160 e. The number of halogens is 1. The van der Waals surface area contributed by atoms with Gasteiger partial charge in [-0.2, -0.15) is 0 Å². The van der Waals surface area contributed by atoms with Crippen molar-refractivity contribution < 1.29 is 0 Å². The average Bonchev–Trinajstić information content (AvgIpc) is 3.20. The third-order valence-electron chi connectivity index (χ3n) is 5.12. The third-order valence-corrected chi connectivity index (χ3v) is 6.89. The molecular formula is C20H23BrN4S. The highest BCUT2D eigenvalue weighted by atomic mass is 79.9. The molecule has 26 heavy (non-hydrogen) atoms. The van der Waals surface area contributed by atoms with E-state index in [2.05, 4.69) is 82.1 Å². The van der Waals surface area contributed by atoms with Crippen LogP contribution in [0.2, 0.25) is 0 Å². The Morgan fingerprint density at radius 2 is 2.12 bits per heavy atom. The molecule has 1 saturated heterocycles. The summed E-state index contributed by atoms with van der Waals surface area (Å²) in [6.45, 7) is 2.27. The van der Waals surface area contributed by atoms with E-state index in [-0.39, 0.29) is 12.1 Å². The lowest BCUT2D eigenvalue weighted by Crippen LogP contribution is -2.35. The van der Waals surface area contributed by atoms with Gasteiger partial charge in [-0.1, -0.05) is 30.8 Å². The van der Waals surface area contributed by atoms with Crippen LogP contribution in [0.5, 0.6) is 0 Å². The van der Waals surface area contributed by atoms with Crippen LogP contribution < -0.4 is 4.90 Å². The molecule has 3 unspecified atom stereocenters. The molecule has 0 N–H and O–H groups in total. The Morgan fingerprint density at radius 1 is 1.27 bits per heavy atom. The summed E-state index contributed by atoms with van der Waals surface area (Å²) in [5.41, 5.74) is 3.52. The summed E-state index contributed by atoms with van der Waals surface area (Å²) in [4.78, 5) is 14.4. The molecule has 3 atom stereocenters. The molecule has 1 aromatic heterocycles. The first-order chi connectivity index (χ1) is 12.6. The Kier molecular flexibility index (Phi) is 4.97. The van der Waals surface area contributed by atoms with Gasteiger partial charge in [-0.15, -0.1) is 0 Å². The van der Waals surface area contributed by atoms with E-state index in [1.54, 1.807) is 0 Å². The quantitative estimate of drug-likeness (QED) is 0.690. The predicted molar refractivity (Wildman–Crippen MR) is 114 cm³/mol. The van der Waals surface area contributed by atoms with Gasteiger partial charge in [0.05, 0.1) is 17.4 Å². The van der Waals surface area contributed by atoms with Gasteiger partial charge in [0.2, 0.25) is 0 Å². The van der Waals surface area contributed by atoms with E-state index in [1.165, 1.54) is 16.4 Å². The van der Waals surface area contributed by atoms with Crippen molar-refractivity contribution in [2.45, 2.75) is 31.5 Å². The minimum Gasteiger partial charge on any atom is -0.377 e. The molecule has 0 amide bonds. The fraction of sp³-hybridized carbons (Fsp3) is 0.400. The summed E-state index contributed by atoms with van der Waals surface area (Å²) < 4.78 is 1.12. The molecule has 0 spiro atoms. The Bertz CT molecular complexity index is 824. The van der Waals surface area contributed by atoms with Crippen LogP contribution in [0.15, 0.2) is 52.1 Å². The van der Waals surface area contributed by atoms with Crippen molar-refractivity contribution in [3.8, 4) is 0 Å². The molecule has 1 aromatic carbocycles. The highest BCUT2D eigenvalue weighted by Gasteiger charge is 2.45. The van der Waals surface area contributed by atoms with E-state index in [0.29, 0.717) is 6.04 Å². The molecule has 2 aromatic rings. The number of thioether (sulfide) groups is 1. The van der Waals surface area contributed by atoms with E-state index in [9.17, 15) is 0 Å². The van der Waals surface area contributed by atoms with E-state index in [1.807, 2.05) is 24.0 Å². The van der Waals surface area contributed by atoms with Crippen LogP contribution in [0.3, 0.4) is 0 Å². The molecule has 3 heterocycles. The normalized spacial score (nSPS) is 24.5. The van der Waals surface area contributed by atoms with Crippen molar-refractivity contribution in [3.05, 3.63) is 58.3 Å². The molecule has 0 aliphatic carbocycles. The predicted octanol–water partition coefficient (Wildman–Crippen LogP) is 4.89. The second-order valence-electron chi connectivity index (χ2n) is 6.94. The van der Waals surface area contributed by atoms with Crippen LogP contribution in [0.1, 0.15) is 36.7 Å². The molecule has 0 bridgehead atoms. The Hall–Kier alpha value is -1.53. The lowest BCUT2D eigenvalue weighted by atomic mass is 9.95. The molecule has 4 rings (SSSR count). The number of pyridine rings is 1. The molecule has 4 nitrogen and oxygen atoms in total. The van der Waals surface area contributed by atoms with Crippen LogP contribution in [-0.4, -0.2) is 40.9 Å². The van der Waals surface area contributed by atoms with Gasteiger partial charge in [-0.3, -0.25) is 9.98 Å². The number of nitrogens with zero attached hydrogens (tertiary/aromatic N) is 4. The van der Waals surface area contributed by atoms with Gasteiger partial charge in [0.25, 0.3) is 0 Å². The van der Waals surface area contributed by atoms with Crippen molar-refractivity contribution in [2.24, 2.45) is 4.99 Å². The summed E-state index contributed by atoms with van der Waals surface area (Å²) in [7, 11) is 4.13. The van der Waals surface area contributed by atoms with Crippen LogP contribution in [0.4, 0.5) is 5.69 Å². The van der Waals surface area contributed by atoms with E-state index < -0.39 is 0 Å². The molecular weight excluding hydrogens is 408 g/mol. The van der Waals surface area contributed by atoms with Crippen molar-refractivity contribution in [1.82, 2.24) is 9.88 Å². The lowest BCUT2D eigenvalue weighted by Gasteiger charge is -2.32. The molecule has 1 fully saturated rings. The second-order valence-corrected chi connectivity index (χ2v) is 8.78. The van der Waals surface area contributed by atoms with Crippen molar-refractivity contribution in [1.29, 1.82) is 0 Å². The zero-order valence-corrected chi connectivity index (χ0v) is 17.7. The molecule has 0 saturated carbocycles. The number of anilines is 1. The van der Waals surface area contributed by atoms with Gasteiger partial charge in [0.15, 0.2) is 5.17 Å². The molecule has 0 radical (unpaired) electrons. The SMILES string of the molecule is CCC1CSC2=NC(c3ccccn3)C(c3ccc(N(C)C)c(Br)c3)N21. The molecule has 2 aliphatic rings. The van der Waals surface area contributed by atoms with Crippen LogP contribution in [-0.2, 0) is 0 Å². The largest absolute Gasteiger partial charge is 0.377 e. The zero-order chi connectivity index (χ0) is 18.3. The fourth-order valence-corrected chi connectivity index (χ4v) is 5.87. The van der Waals surface area contributed by atoms with E-state index in [4.69, 9.17) is 4.99 Å². The summed E-state index contributed by atoms with van der Waals surface area (Å²) in [6, 6.07) is 13.6. The highest BCUT2D eigenvalue weighted by Crippen LogP contribution is 2.49. The average molecular weight is 431 g/mol. The van der Waals surface area contributed by atoms with Gasteiger partial charge < -0.3 is 9.80 Å². The number of rotatable bonds is 4. The van der Waals surface area contributed by atoms with Crippen molar-refractivity contribution in [2.75, 3.05) is 24.7 Å². The Labute approximate surface area is 167 Å². The van der Waals surface area contributed by atoms with Crippen LogP contribution >= 0.6 is 27.7 Å². The highest BCUT2D eigenvalue weighted by molar-refractivity contribution is 9.10. The van der Waals surface area contributed by atoms with Crippen LogP contribution in [0, 0.1) is 0 Å². The minimum atomic E-state index is 0.0464. The smallest absolute Gasteiger partial charge is 0.160 e. The molecule has 2 aliphatic heterocycles. The summed E-state index contributed by atoms with van der Waals surface area (Å²) in [5.74, 6) is 1.12. The minimum absolute atomic E-state index is 0.0464. The number of fused-ring (bicyclic) bond motifs is 1. The first kappa shape index (κ1) is 17.9. The first-order valence-corrected chi connectivity index (χ1v) is 10.7. The standard InChI is InChI=1S/C20H23BrN4S/c1-4-14-12-26-20-23-18(16-7-5-6-10-22-16)19(25(14)20)13-8-9-17(24(2)3)15(21)11-13/h5-11,14,18-19H,4,12H2,1-3H3. The van der Waals surface area contributed by atoms with E-state index >= 15 is 0 Å². The summed E-state index contributed by atoms with van der Waals surface area (Å²) in [6.07, 6.45) is 3.00. The first-order valence-electron chi connectivity index (χ1n) is 8.96. The fourth-order valence-electron chi connectivity index (χ4n) is 3.78. The lowest BCUT2D eigenvalue weighted by molar-refractivity contribution is 0.255. The monoisotopic (exact) mass is 430 g/mol. The number of hydrogen-bond donors (Lipinski definition) is 0. The molecule has 136 valence electrons. The number of amidine groups is 1. The number of benzene rings is 1. The maximum atomic E-state index is 5.08. The summed E-state index contributed by atoms with van der Waals surface area (Å²) in [5, 5.41) is 1.17. The number of aliphatic imine (C=N–C) groups is 1. The van der Waals surface area contributed by atoms with Gasteiger partial charge in [-0.25, -0.2) is 0 Å². The Morgan fingerprint density at radius 3 is 2.77 bits per heavy atom. The Balaban J connectivity index is 1.78. The van der Waals surface area contributed by atoms with Gasteiger partial charge in [-0.05, 0) is 52.2 Å². The molecule has 6 heteroatoms. The summed E-state index contributed by atoms with van der Waals surface area (Å²) >= 11 is 5.64. The number of hydrogen-bond acceptors (Lipinski definition) is 5.